The van der Waals surface area contributed by atoms with Crippen LogP contribution in [0.3, 0.4) is 0 Å². The third kappa shape index (κ3) is 5.43. The van der Waals surface area contributed by atoms with E-state index in [9.17, 15) is 14.4 Å². The Bertz CT molecular complexity index is 913. The molecule has 1 fully saturated rings. The maximum Gasteiger partial charge on any atom is 0.281 e. The third-order valence-corrected chi connectivity index (χ3v) is 5.66. The van der Waals surface area contributed by atoms with Gasteiger partial charge >= 0.3 is 0 Å². The first kappa shape index (κ1) is 21.0. The minimum atomic E-state index is -0.575. The van der Waals surface area contributed by atoms with E-state index >= 15 is 0 Å². The van der Waals surface area contributed by atoms with Gasteiger partial charge in [-0.3, -0.25) is 25.2 Å². The number of aryl methyl sites for hydroxylation is 1. The maximum atomic E-state index is 12.4. The number of nitrogens with one attached hydrogen (secondary N) is 3. The number of hydrogen-bond acceptors (Lipinski definition) is 7. The van der Waals surface area contributed by atoms with Gasteiger partial charge in [-0.2, -0.15) is 0 Å². The average molecular weight is 438 g/mol. The van der Waals surface area contributed by atoms with E-state index in [0.717, 1.165) is 18.2 Å². The van der Waals surface area contributed by atoms with E-state index in [0.29, 0.717) is 23.8 Å². The fourth-order valence-electron chi connectivity index (χ4n) is 2.61. The SMILES string of the molecule is Cc1nc(N2CCOCC2)sc1C(=O)NNC(=O)CNC(=O)c1ccccc1Cl. The van der Waals surface area contributed by atoms with Crippen molar-refractivity contribution in [3.05, 3.63) is 45.4 Å². The average Bonchev–Trinajstić information content (AvgIpc) is 3.13. The molecule has 1 saturated heterocycles. The van der Waals surface area contributed by atoms with Crippen LogP contribution in [0.15, 0.2) is 24.3 Å². The summed E-state index contributed by atoms with van der Waals surface area (Å²) >= 11 is 7.20. The smallest absolute Gasteiger partial charge is 0.281 e. The van der Waals surface area contributed by atoms with Gasteiger partial charge in [0.15, 0.2) is 5.13 Å². The lowest BCUT2D eigenvalue weighted by atomic mass is 10.2. The van der Waals surface area contributed by atoms with Gasteiger partial charge in [-0.15, -0.1) is 0 Å². The quantitative estimate of drug-likeness (QED) is 0.604. The normalized spacial score (nSPS) is 13.7. The van der Waals surface area contributed by atoms with E-state index in [4.69, 9.17) is 16.3 Å². The summed E-state index contributed by atoms with van der Waals surface area (Å²) in [5.41, 5.74) is 5.46. The highest BCUT2D eigenvalue weighted by Crippen LogP contribution is 2.26. The van der Waals surface area contributed by atoms with Gasteiger partial charge in [-0.25, -0.2) is 4.98 Å². The number of nitrogens with zero attached hydrogens (tertiary/aromatic N) is 2. The number of carbonyl (C=O) groups is 3. The van der Waals surface area contributed by atoms with Gasteiger partial charge in [0.2, 0.25) is 0 Å². The lowest BCUT2D eigenvalue weighted by Crippen LogP contribution is -2.46. The topological polar surface area (TPSA) is 113 Å². The van der Waals surface area contributed by atoms with Crippen molar-refractivity contribution in [2.75, 3.05) is 37.7 Å². The van der Waals surface area contributed by atoms with Crippen LogP contribution in [0.5, 0.6) is 0 Å². The number of hydrogen-bond donors (Lipinski definition) is 3. The van der Waals surface area contributed by atoms with E-state index in [1.165, 1.54) is 11.3 Å². The molecule has 2 aromatic rings. The molecule has 11 heteroatoms. The second-order valence-corrected chi connectivity index (χ2v) is 7.56. The first-order valence-corrected chi connectivity index (χ1v) is 10.1. The largest absolute Gasteiger partial charge is 0.378 e. The molecule has 0 unspecified atom stereocenters. The number of halogens is 1. The van der Waals surface area contributed by atoms with Crippen molar-refractivity contribution < 1.29 is 19.1 Å². The highest BCUT2D eigenvalue weighted by atomic mass is 35.5. The van der Waals surface area contributed by atoms with Gasteiger partial charge in [0.1, 0.15) is 4.88 Å². The van der Waals surface area contributed by atoms with Gasteiger partial charge < -0.3 is 15.0 Å². The van der Waals surface area contributed by atoms with Crippen LogP contribution in [-0.2, 0) is 9.53 Å². The fraction of sp³-hybridized carbons (Fsp3) is 0.333. The molecular formula is C18H20ClN5O4S. The van der Waals surface area contributed by atoms with Crippen LogP contribution in [0.25, 0.3) is 0 Å². The number of amides is 3. The van der Waals surface area contributed by atoms with Crippen LogP contribution in [0.2, 0.25) is 5.02 Å². The van der Waals surface area contributed by atoms with E-state index in [1.54, 1.807) is 31.2 Å². The lowest BCUT2D eigenvalue weighted by Gasteiger charge is -2.25. The highest BCUT2D eigenvalue weighted by Gasteiger charge is 2.21. The van der Waals surface area contributed by atoms with Crippen LogP contribution in [0.1, 0.15) is 25.7 Å². The molecule has 0 bridgehead atoms. The molecule has 2 heterocycles. The standard InChI is InChI=1S/C18H20ClN5O4S/c1-11-15(29-18(21-11)24-6-8-28-9-7-24)17(27)23-22-14(25)10-20-16(26)12-4-2-3-5-13(12)19/h2-5H,6-10H2,1H3,(H,20,26)(H,22,25)(H,23,27). The number of anilines is 1. The minimum Gasteiger partial charge on any atom is -0.378 e. The Morgan fingerprint density at radius 1 is 1.17 bits per heavy atom. The second kappa shape index (κ2) is 9.68. The van der Waals surface area contributed by atoms with Gasteiger partial charge in [-0.1, -0.05) is 35.1 Å². The van der Waals surface area contributed by atoms with Gasteiger partial charge in [0.25, 0.3) is 17.7 Å². The van der Waals surface area contributed by atoms with E-state index in [2.05, 4.69) is 26.1 Å². The van der Waals surface area contributed by atoms with Gasteiger partial charge in [-0.05, 0) is 19.1 Å². The molecule has 0 spiro atoms. The predicted octanol–water partition coefficient (Wildman–Crippen LogP) is 1.13. The summed E-state index contributed by atoms with van der Waals surface area (Å²) in [6, 6.07) is 6.51. The first-order chi connectivity index (χ1) is 14.0. The Labute approximate surface area is 176 Å². The summed E-state index contributed by atoms with van der Waals surface area (Å²) in [6.45, 7) is 4.10. The summed E-state index contributed by atoms with van der Waals surface area (Å²) < 4.78 is 5.32. The van der Waals surface area contributed by atoms with Crippen molar-refractivity contribution in [1.29, 1.82) is 0 Å². The second-order valence-electron chi connectivity index (χ2n) is 6.18. The van der Waals surface area contributed by atoms with Crippen LogP contribution in [-0.4, -0.2) is 55.6 Å². The zero-order valence-corrected chi connectivity index (χ0v) is 17.2. The zero-order chi connectivity index (χ0) is 20.8. The van der Waals surface area contributed by atoms with Crippen molar-refractivity contribution in [2.24, 2.45) is 0 Å². The maximum absolute atomic E-state index is 12.4. The number of rotatable bonds is 5. The number of ether oxygens (including phenoxy) is 1. The van der Waals surface area contributed by atoms with Crippen molar-refractivity contribution in [1.82, 2.24) is 21.2 Å². The molecule has 3 amide bonds. The van der Waals surface area contributed by atoms with Crippen LogP contribution in [0.4, 0.5) is 5.13 Å². The molecule has 0 saturated carbocycles. The molecule has 9 nitrogen and oxygen atoms in total. The van der Waals surface area contributed by atoms with E-state index in [1.807, 2.05) is 0 Å². The molecule has 0 atom stereocenters. The van der Waals surface area contributed by atoms with E-state index < -0.39 is 17.7 Å². The monoisotopic (exact) mass is 437 g/mol. The molecular weight excluding hydrogens is 418 g/mol. The van der Waals surface area contributed by atoms with Crippen LogP contribution >= 0.6 is 22.9 Å². The predicted molar refractivity (Wildman–Crippen MR) is 109 cm³/mol. The Morgan fingerprint density at radius 2 is 1.90 bits per heavy atom. The number of carbonyl (C=O) groups excluding carboxylic acids is 3. The third-order valence-electron chi connectivity index (χ3n) is 4.12. The number of aromatic nitrogens is 1. The number of hydrazine groups is 1. The molecule has 1 aromatic carbocycles. The summed E-state index contributed by atoms with van der Waals surface area (Å²) in [5.74, 6) is -1.52. The molecule has 1 aromatic heterocycles. The Morgan fingerprint density at radius 3 is 2.62 bits per heavy atom. The highest BCUT2D eigenvalue weighted by molar-refractivity contribution is 7.17. The molecule has 1 aliphatic heterocycles. The Balaban J connectivity index is 1.49. The molecule has 154 valence electrons. The van der Waals surface area contributed by atoms with Crippen molar-refractivity contribution in [2.45, 2.75) is 6.92 Å². The van der Waals surface area contributed by atoms with Gasteiger partial charge in [0.05, 0.1) is 36.0 Å². The van der Waals surface area contributed by atoms with E-state index in [-0.39, 0.29) is 17.1 Å². The van der Waals surface area contributed by atoms with Gasteiger partial charge in [0, 0.05) is 13.1 Å². The minimum absolute atomic E-state index is 0.266. The molecule has 1 aliphatic rings. The Hall–Kier alpha value is -2.69. The van der Waals surface area contributed by atoms with Crippen molar-refractivity contribution >= 4 is 45.8 Å². The molecule has 0 aliphatic carbocycles. The summed E-state index contributed by atoms with van der Waals surface area (Å²) in [7, 11) is 0. The zero-order valence-electron chi connectivity index (χ0n) is 15.7. The lowest BCUT2D eigenvalue weighted by molar-refractivity contribution is -0.120. The van der Waals surface area contributed by atoms with Crippen molar-refractivity contribution in [3.63, 3.8) is 0 Å². The van der Waals surface area contributed by atoms with Crippen LogP contribution in [0, 0.1) is 6.92 Å². The Kier molecular flexibility index (Phi) is 7.02. The van der Waals surface area contributed by atoms with Crippen LogP contribution < -0.4 is 21.1 Å². The molecule has 3 N–H and O–H groups in total. The molecule has 3 rings (SSSR count). The number of morpholine rings is 1. The first-order valence-electron chi connectivity index (χ1n) is 8.87. The molecule has 0 radical (unpaired) electrons. The summed E-state index contributed by atoms with van der Waals surface area (Å²) in [4.78, 5) is 43.2. The summed E-state index contributed by atoms with van der Waals surface area (Å²) in [6.07, 6.45) is 0. The number of thiazole rings is 1. The molecule has 29 heavy (non-hydrogen) atoms. The fourth-order valence-corrected chi connectivity index (χ4v) is 3.85. The number of benzene rings is 1. The van der Waals surface area contributed by atoms with Crippen molar-refractivity contribution in [3.8, 4) is 0 Å². The summed E-state index contributed by atoms with van der Waals surface area (Å²) in [5, 5.41) is 3.48.